The summed E-state index contributed by atoms with van der Waals surface area (Å²) in [5.74, 6) is -0.330. The van der Waals surface area contributed by atoms with Gasteiger partial charge in [0, 0.05) is 29.4 Å². The summed E-state index contributed by atoms with van der Waals surface area (Å²) in [6, 6.07) is 12.7. The van der Waals surface area contributed by atoms with E-state index in [-0.39, 0.29) is 27.9 Å². The van der Waals surface area contributed by atoms with Crippen molar-refractivity contribution in [3.63, 3.8) is 0 Å². The van der Waals surface area contributed by atoms with Crippen molar-refractivity contribution in [2.24, 2.45) is 5.41 Å². The minimum atomic E-state index is -2.37. The zero-order chi connectivity index (χ0) is 34.2. The fourth-order valence-electron chi connectivity index (χ4n) is 6.25. The van der Waals surface area contributed by atoms with Crippen LogP contribution >= 0.6 is 0 Å². The minimum absolute atomic E-state index is 0.0458. The van der Waals surface area contributed by atoms with Crippen molar-refractivity contribution in [3.05, 3.63) is 65.0 Å². The third-order valence-corrected chi connectivity index (χ3v) is 13.8. The molecule has 0 aromatic heterocycles. The van der Waals surface area contributed by atoms with Gasteiger partial charge in [-0.3, -0.25) is 4.90 Å². The van der Waals surface area contributed by atoms with E-state index in [4.69, 9.17) is 4.43 Å². The fraction of sp³-hybridized carbons (Fsp3) is 0.649. The second-order valence-electron chi connectivity index (χ2n) is 17.5. The monoisotopic (exact) mass is 641 g/mol. The molecule has 6 nitrogen and oxygen atoms in total. The van der Waals surface area contributed by atoms with Gasteiger partial charge in [-0.05, 0) is 112 Å². The molecule has 3 N–H and O–H groups in total. The molecule has 0 spiro atoms. The molecule has 0 saturated heterocycles. The van der Waals surface area contributed by atoms with Gasteiger partial charge in [0.25, 0.3) is 0 Å². The molecule has 1 aliphatic heterocycles. The molecule has 3 atom stereocenters. The highest BCUT2D eigenvalue weighted by atomic mass is 28.4. The van der Waals surface area contributed by atoms with E-state index in [2.05, 4.69) is 97.3 Å². The number of rotatable bonds is 10. The fourth-order valence-corrected chi connectivity index (χ4v) is 7.60. The number of carboxylic acid groups (broad SMARTS) is 1. The number of hydrogen-bond donors (Lipinski definition) is 3. The number of carbonyl (C=O) groups is 1. The molecule has 0 aliphatic carbocycles. The van der Waals surface area contributed by atoms with E-state index in [9.17, 15) is 14.3 Å². The number of nitrogens with one attached hydrogen (secondary N) is 2. The number of amides is 1. The molecule has 0 bridgehead atoms. The summed E-state index contributed by atoms with van der Waals surface area (Å²) in [4.78, 5) is 14.5. The van der Waals surface area contributed by atoms with Crippen molar-refractivity contribution < 1.29 is 18.7 Å². The smallest absolute Gasteiger partial charge is 0.408 e. The van der Waals surface area contributed by atoms with Crippen LogP contribution in [0.2, 0.25) is 18.1 Å². The summed E-state index contributed by atoms with van der Waals surface area (Å²) < 4.78 is 21.6. The molecule has 1 amide bonds. The Hall–Kier alpha value is -2.42. The maximum Gasteiger partial charge on any atom is 0.408 e. The highest BCUT2D eigenvalue weighted by molar-refractivity contribution is 6.74. The quantitative estimate of drug-likeness (QED) is 0.226. The summed E-state index contributed by atoms with van der Waals surface area (Å²) in [6.45, 7) is 28.4. The van der Waals surface area contributed by atoms with Crippen LogP contribution in [0.25, 0.3) is 0 Å². The largest absolute Gasteiger partial charge is 0.465 e. The molecule has 0 radical (unpaired) electrons. The first kappa shape index (κ1) is 37.0. The van der Waals surface area contributed by atoms with Crippen LogP contribution in [0, 0.1) is 11.2 Å². The van der Waals surface area contributed by atoms with Gasteiger partial charge >= 0.3 is 6.09 Å². The number of fused-ring (bicyclic) bond motifs is 1. The van der Waals surface area contributed by atoms with Gasteiger partial charge in [-0.25, -0.2) is 9.18 Å². The van der Waals surface area contributed by atoms with Crippen LogP contribution in [0.3, 0.4) is 0 Å². The summed E-state index contributed by atoms with van der Waals surface area (Å²) in [7, 11) is -2.37. The van der Waals surface area contributed by atoms with Crippen molar-refractivity contribution in [1.29, 1.82) is 0 Å². The Kier molecular flexibility index (Phi) is 11.0. The lowest BCUT2D eigenvalue weighted by Crippen LogP contribution is -2.61. The molecule has 3 rings (SSSR count). The van der Waals surface area contributed by atoms with E-state index < -0.39 is 32.1 Å². The van der Waals surface area contributed by atoms with Crippen LogP contribution in [0.1, 0.15) is 105 Å². The Morgan fingerprint density at radius 2 is 1.71 bits per heavy atom. The van der Waals surface area contributed by atoms with Crippen molar-refractivity contribution >= 4 is 20.1 Å². The Morgan fingerprint density at radius 1 is 1.07 bits per heavy atom. The van der Waals surface area contributed by atoms with Gasteiger partial charge in [0.15, 0.2) is 8.32 Å². The maximum atomic E-state index is 14.4. The Labute approximate surface area is 273 Å². The third-order valence-electron chi connectivity index (χ3n) is 9.25. The first-order chi connectivity index (χ1) is 20.4. The number of anilines is 1. The van der Waals surface area contributed by atoms with Gasteiger partial charge in [0.2, 0.25) is 0 Å². The zero-order valence-corrected chi connectivity index (χ0v) is 31.2. The molecule has 2 aromatic rings. The average molecular weight is 642 g/mol. The molecule has 45 heavy (non-hydrogen) atoms. The number of hydrogen-bond acceptors (Lipinski definition) is 4. The summed E-state index contributed by atoms with van der Waals surface area (Å²) in [6.07, 6.45) is 0.702. The second kappa shape index (κ2) is 13.4. The molecule has 2 unspecified atom stereocenters. The SMILES string of the molecule is CC(C)(C)Cc1ccc2c(c1)C(NC[C@@H](O[Si](C)(C)C(C)(C)C)C(Cc1cccc(F)c1)N(C(=O)O)C(C)(C)C)CC(C)(C)N2. The van der Waals surface area contributed by atoms with Crippen molar-refractivity contribution in [1.82, 2.24) is 10.2 Å². The molecule has 0 fully saturated rings. The van der Waals surface area contributed by atoms with Crippen molar-refractivity contribution in [2.75, 3.05) is 11.9 Å². The summed E-state index contributed by atoms with van der Waals surface area (Å²) in [5.41, 5.74) is 3.74. The number of benzene rings is 2. The van der Waals surface area contributed by atoms with Crippen LogP contribution in [0.5, 0.6) is 0 Å². The second-order valence-corrected chi connectivity index (χ2v) is 22.2. The predicted octanol–water partition coefficient (Wildman–Crippen LogP) is 9.42. The van der Waals surface area contributed by atoms with Crippen LogP contribution in [0.15, 0.2) is 42.5 Å². The van der Waals surface area contributed by atoms with E-state index in [1.165, 1.54) is 28.2 Å². The van der Waals surface area contributed by atoms with Crippen LogP contribution in [-0.4, -0.2) is 54.2 Å². The normalized spacial score (nSPS) is 18.5. The summed E-state index contributed by atoms with van der Waals surface area (Å²) in [5, 5.41) is 18.2. The standard InChI is InChI=1S/C37H60FN3O3Si/c1-34(2,3)22-26-17-18-29-28(20-26)30(23-37(10,11)40-29)39-24-32(44-45(12,13)36(7,8)9)31(41(33(42)43)35(4,5)6)21-25-15-14-16-27(38)19-25/h14-20,30-32,39-40H,21-24H2,1-13H3,(H,42,43)/t30?,31?,32-/m1/s1. The Bertz CT molecular complexity index is 1320. The lowest BCUT2D eigenvalue weighted by molar-refractivity contribution is 0.0115. The Morgan fingerprint density at radius 3 is 2.24 bits per heavy atom. The number of nitrogens with zero attached hydrogens (tertiary/aromatic N) is 1. The number of halogens is 1. The van der Waals surface area contributed by atoms with Gasteiger partial charge < -0.3 is 20.2 Å². The highest BCUT2D eigenvalue weighted by Crippen LogP contribution is 2.41. The molecule has 1 aliphatic rings. The molecule has 0 saturated carbocycles. The molecule has 252 valence electrons. The summed E-state index contributed by atoms with van der Waals surface area (Å²) >= 11 is 0. The van der Waals surface area contributed by atoms with Gasteiger partial charge in [-0.1, -0.05) is 65.8 Å². The molecule has 1 heterocycles. The van der Waals surface area contributed by atoms with Crippen LogP contribution in [-0.2, 0) is 17.3 Å². The van der Waals surface area contributed by atoms with Gasteiger partial charge in [0.1, 0.15) is 5.82 Å². The van der Waals surface area contributed by atoms with Crippen molar-refractivity contribution in [2.45, 2.75) is 143 Å². The van der Waals surface area contributed by atoms with E-state index in [0.717, 1.165) is 24.1 Å². The lowest BCUT2D eigenvalue weighted by atomic mass is 9.82. The zero-order valence-electron chi connectivity index (χ0n) is 30.2. The van der Waals surface area contributed by atoms with E-state index in [1.54, 1.807) is 6.07 Å². The van der Waals surface area contributed by atoms with Gasteiger partial charge in [-0.15, -0.1) is 0 Å². The molecule has 8 heteroatoms. The first-order valence-electron chi connectivity index (χ1n) is 16.5. The van der Waals surface area contributed by atoms with Crippen LogP contribution < -0.4 is 10.6 Å². The molecular formula is C37H60FN3O3Si. The van der Waals surface area contributed by atoms with E-state index >= 15 is 0 Å². The highest BCUT2D eigenvalue weighted by Gasteiger charge is 2.45. The first-order valence-corrected chi connectivity index (χ1v) is 19.4. The van der Waals surface area contributed by atoms with E-state index in [0.29, 0.717) is 13.0 Å². The van der Waals surface area contributed by atoms with Gasteiger partial charge in [0.05, 0.1) is 12.1 Å². The van der Waals surface area contributed by atoms with Gasteiger partial charge in [-0.2, -0.15) is 0 Å². The average Bonchev–Trinajstić information content (AvgIpc) is 2.83. The topological polar surface area (TPSA) is 73.8 Å². The maximum absolute atomic E-state index is 14.4. The third kappa shape index (κ3) is 10.0. The van der Waals surface area contributed by atoms with Crippen LogP contribution in [0.4, 0.5) is 14.9 Å². The minimum Gasteiger partial charge on any atom is -0.465 e. The molecular weight excluding hydrogens is 582 g/mol. The predicted molar refractivity (Wildman–Crippen MR) is 188 cm³/mol. The Balaban J connectivity index is 2.10. The van der Waals surface area contributed by atoms with E-state index in [1.807, 2.05) is 26.8 Å². The van der Waals surface area contributed by atoms with Crippen molar-refractivity contribution in [3.8, 4) is 0 Å². The molecule has 2 aromatic carbocycles. The lowest BCUT2D eigenvalue weighted by Gasteiger charge is -2.48.